The van der Waals surface area contributed by atoms with Crippen LogP contribution < -0.4 is 14.8 Å². The Hall–Kier alpha value is -4.07. The third-order valence-electron chi connectivity index (χ3n) is 5.45. The Kier molecular flexibility index (Phi) is 5.68. The molecule has 0 aliphatic heterocycles. The maximum Gasteiger partial charge on any atom is 0.254 e. The molecule has 0 radical (unpaired) electrons. The minimum Gasteiger partial charge on any atom is -0.502 e. The number of methoxy groups -OCH3 is 2. The number of H-pyrrole nitrogens is 1. The van der Waals surface area contributed by atoms with Gasteiger partial charge in [-0.1, -0.05) is 6.07 Å². The van der Waals surface area contributed by atoms with Gasteiger partial charge < -0.3 is 19.9 Å². The SMILES string of the molecule is COc1cc(/C=C2/C(C)=C(CNC(=O)c3cn[nH]c3)c3cc(F)ccc32)cc(OC)c1O. The van der Waals surface area contributed by atoms with E-state index in [2.05, 4.69) is 15.5 Å². The van der Waals surface area contributed by atoms with Gasteiger partial charge in [-0.3, -0.25) is 9.89 Å². The molecule has 8 heteroatoms. The molecule has 3 N–H and O–H groups in total. The number of benzene rings is 2. The number of halogens is 1. The summed E-state index contributed by atoms with van der Waals surface area (Å²) in [5.41, 5.74) is 5.33. The van der Waals surface area contributed by atoms with Crippen molar-refractivity contribution in [2.75, 3.05) is 20.8 Å². The van der Waals surface area contributed by atoms with E-state index in [1.807, 2.05) is 13.0 Å². The molecule has 2 aromatic carbocycles. The van der Waals surface area contributed by atoms with Crippen LogP contribution in [0.1, 0.15) is 34.0 Å². The number of rotatable bonds is 6. The van der Waals surface area contributed by atoms with Gasteiger partial charge in [-0.15, -0.1) is 0 Å². The van der Waals surface area contributed by atoms with Crippen molar-refractivity contribution < 1.29 is 23.8 Å². The first-order chi connectivity index (χ1) is 15.4. The number of nitrogens with zero attached hydrogens (tertiary/aromatic N) is 1. The van der Waals surface area contributed by atoms with Crippen LogP contribution in [0.3, 0.4) is 0 Å². The number of aromatic hydroxyl groups is 1. The van der Waals surface area contributed by atoms with Crippen molar-refractivity contribution in [1.82, 2.24) is 15.5 Å². The van der Waals surface area contributed by atoms with E-state index >= 15 is 0 Å². The molecule has 1 amide bonds. The molecular weight excluding hydrogens is 413 g/mol. The summed E-state index contributed by atoms with van der Waals surface area (Å²) in [5.74, 6) is -0.154. The number of ether oxygens (including phenoxy) is 2. The standard InChI is InChI=1S/C24H22FN3O4/c1-13-18(6-14-7-21(31-2)23(29)22(8-14)32-3)17-5-4-16(25)9-19(17)20(13)12-26-24(30)15-10-27-28-11-15/h4-11,29H,12H2,1-3H3,(H,26,30)(H,27,28)/b18-6-. The molecule has 4 rings (SSSR count). The maximum absolute atomic E-state index is 14.1. The molecule has 1 aromatic heterocycles. The van der Waals surface area contributed by atoms with E-state index in [9.17, 15) is 14.3 Å². The average Bonchev–Trinajstić information content (AvgIpc) is 3.41. The Morgan fingerprint density at radius 3 is 2.53 bits per heavy atom. The first kappa shape index (κ1) is 21.2. The highest BCUT2D eigenvalue weighted by atomic mass is 19.1. The second kappa shape index (κ2) is 8.58. The molecule has 0 fully saturated rings. The lowest BCUT2D eigenvalue weighted by molar-refractivity contribution is 0.0958. The molecule has 0 saturated heterocycles. The zero-order chi connectivity index (χ0) is 22.8. The van der Waals surface area contributed by atoms with Crippen molar-refractivity contribution in [1.29, 1.82) is 0 Å². The molecular formula is C24H22FN3O4. The van der Waals surface area contributed by atoms with Crippen LogP contribution in [0.15, 0.2) is 48.3 Å². The predicted molar refractivity (Wildman–Crippen MR) is 119 cm³/mol. The van der Waals surface area contributed by atoms with Crippen LogP contribution in [0.5, 0.6) is 17.2 Å². The number of carbonyl (C=O) groups is 1. The lowest BCUT2D eigenvalue weighted by atomic mass is 10.00. The third-order valence-corrected chi connectivity index (χ3v) is 5.45. The Labute approximate surface area is 184 Å². The van der Waals surface area contributed by atoms with E-state index in [0.29, 0.717) is 5.56 Å². The summed E-state index contributed by atoms with van der Waals surface area (Å²) < 4.78 is 24.6. The number of phenolic OH excluding ortho intramolecular Hbond substituents is 1. The fraction of sp³-hybridized carbons (Fsp3) is 0.167. The van der Waals surface area contributed by atoms with Crippen LogP contribution in [0.2, 0.25) is 0 Å². The fourth-order valence-electron chi connectivity index (χ4n) is 3.79. The predicted octanol–water partition coefficient (Wildman–Crippen LogP) is 4.03. The number of fused-ring (bicyclic) bond motifs is 1. The Bertz CT molecular complexity index is 1220. The lowest BCUT2D eigenvalue weighted by Crippen LogP contribution is -2.24. The minimum absolute atomic E-state index is 0.0824. The summed E-state index contributed by atoms with van der Waals surface area (Å²) in [6.07, 6.45) is 4.87. The summed E-state index contributed by atoms with van der Waals surface area (Å²) in [4.78, 5) is 12.4. The Balaban J connectivity index is 1.75. The van der Waals surface area contributed by atoms with Crippen molar-refractivity contribution in [2.24, 2.45) is 0 Å². The third kappa shape index (κ3) is 3.82. The molecule has 32 heavy (non-hydrogen) atoms. The van der Waals surface area contributed by atoms with Crippen LogP contribution in [0.25, 0.3) is 17.2 Å². The molecule has 164 valence electrons. The highest BCUT2D eigenvalue weighted by molar-refractivity contribution is 6.06. The molecule has 0 bridgehead atoms. The van der Waals surface area contributed by atoms with Gasteiger partial charge in [0.05, 0.1) is 26.0 Å². The molecule has 0 saturated carbocycles. The quantitative estimate of drug-likeness (QED) is 0.543. The molecule has 0 atom stereocenters. The molecule has 1 aliphatic carbocycles. The van der Waals surface area contributed by atoms with E-state index in [1.165, 1.54) is 38.7 Å². The van der Waals surface area contributed by atoms with E-state index < -0.39 is 0 Å². The number of phenols is 1. The number of carbonyl (C=O) groups excluding carboxylic acids is 1. The minimum atomic E-state index is -0.357. The van der Waals surface area contributed by atoms with Crippen molar-refractivity contribution in [3.05, 3.63) is 76.4 Å². The van der Waals surface area contributed by atoms with Crippen molar-refractivity contribution in [3.8, 4) is 17.2 Å². The van der Waals surface area contributed by atoms with Gasteiger partial charge >= 0.3 is 0 Å². The number of hydrogen-bond acceptors (Lipinski definition) is 5. The van der Waals surface area contributed by atoms with E-state index in [1.54, 1.807) is 18.2 Å². The van der Waals surface area contributed by atoms with Crippen LogP contribution in [-0.4, -0.2) is 42.0 Å². The Morgan fingerprint density at radius 1 is 1.19 bits per heavy atom. The lowest BCUT2D eigenvalue weighted by Gasteiger charge is -2.11. The zero-order valence-corrected chi connectivity index (χ0v) is 17.8. The summed E-state index contributed by atoms with van der Waals surface area (Å²) >= 11 is 0. The molecule has 7 nitrogen and oxygen atoms in total. The summed E-state index contributed by atoms with van der Waals surface area (Å²) in [6.45, 7) is 2.16. The molecule has 0 spiro atoms. The first-order valence-corrected chi connectivity index (χ1v) is 9.87. The van der Waals surface area contributed by atoms with Gasteiger partial charge in [0.1, 0.15) is 5.82 Å². The topological polar surface area (TPSA) is 96.5 Å². The van der Waals surface area contributed by atoms with Gasteiger partial charge in [-0.05, 0) is 70.7 Å². The highest BCUT2D eigenvalue weighted by Crippen LogP contribution is 2.44. The number of amides is 1. The van der Waals surface area contributed by atoms with Gasteiger partial charge in [0.15, 0.2) is 11.5 Å². The van der Waals surface area contributed by atoms with Crippen LogP contribution in [0.4, 0.5) is 4.39 Å². The first-order valence-electron chi connectivity index (χ1n) is 9.87. The van der Waals surface area contributed by atoms with Gasteiger partial charge in [0.2, 0.25) is 5.75 Å². The highest BCUT2D eigenvalue weighted by Gasteiger charge is 2.25. The molecule has 0 unspecified atom stereocenters. The molecule has 1 aliphatic rings. The van der Waals surface area contributed by atoms with Gasteiger partial charge in [0.25, 0.3) is 5.91 Å². The van der Waals surface area contributed by atoms with Gasteiger partial charge in [-0.2, -0.15) is 5.10 Å². The van der Waals surface area contributed by atoms with Crippen LogP contribution in [-0.2, 0) is 0 Å². The number of nitrogens with one attached hydrogen (secondary N) is 2. The van der Waals surface area contributed by atoms with E-state index in [-0.39, 0.29) is 35.5 Å². The number of aromatic amines is 1. The second-order valence-corrected chi connectivity index (χ2v) is 7.30. The fourth-order valence-corrected chi connectivity index (χ4v) is 3.79. The monoisotopic (exact) mass is 435 g/mol. The average molecular weight is 435 g/mol. The zero-order valence-electron chi connectivity index (χ0n) is 17.8. The van der Waals surface area contributed by atoms with E-state index in [0.717, 1.165) is 33.4 Å². The Morgan fingerprint density at radius 2 is 1.91 bits per heavy atom. The van der Waals surface area contributed by atoms with Crippen molar-refractivity contribution in [3.63, 3.8) is 0 Å². The molecule has 3 aromatic rings. The van der Waals surface area contributed by atoms with Gasteiger partial charge in [-0.25, -0.2) is 4.39 Å². The summed E-state index contributed by atoms with van der Waals surface area (Å²) in [7, 11) is 2.93. The van der Waals surface area contributed by atoms with Crippen LogP contribution >= 0.6 is 0 Å². The maximum atomic E-state index is 14.1. The summed E-state index contributed by atoms with van der Waals surface area (Å²) in [5, 5.41) is 19.4. The number of aromatic nitrogens is 2. The normalized spacial score (nSPS) is 13.9. The molecule has 1 heterocycles. The van der Waals surface area contributed by atoms with Crippen LogP contribution in [0, 0.1) is 5.82 Å². The van der Waals surface area contributed by atoms with Crippen molar-refractivity contribution in [2.45, 2.75) is 6.92 Å². The number of hydrogen-bond donors (Lipinski definition) is 3. The van der Waals surface area contributed by atoms with E-state index in [4.69, 9.17) is 9.47 Å². The smallest absolute Gasteiger partial charge is 0.254 e. The summed E-state index contributed by atoms with van der Waals surface area (Å²) in [6, 6.07) is 7.99. The largest absolute Gasteiger partial charge is 0.502 e. The van der Waals surface area contributed by atoms with Gasteiger partial charge in [0, 0.05) is 12.7 Å². The number of allylic oxidation sites excluding steroid dienone is 2. The second-order valence-electron chi connectivity index (χ2n) is 7.30. The van der Waals surface area contributed by atoms with Crippen molar-refractivity contribution >= 4 is 23.1 Å².